The van der Waals surface area contributed by atoms with Crippen LogP contribution in [0.2, 0.25) is 0 Å². The van der Waals surface area contributed by atoms with Gasteiger partial charge in [-0.2, -0.15) is 5.26 Å². The number of rotatable bonds is 3. The lowest BCUT2D eigenvalue weighted by Gasteiger charge is -2.41. The first-order valence-corrected chi connectivity index (χ1v) is 9.65. The van der Waals surface area contributed by atoms with Crippen molar-refractivity contribution in [1.29, 1.82) is 5.26 Å². The van der Waals surface area contributed by atoms with E-state index in [4.69, 9.17) is 4.74 Å². The number of hydrogen-bond acceptors (Lipinski definition) is 5. The predicted octanol–water partition coefficient (Wildman–Crippen LogP) is 3.44. The SMILES string of the molecule is CCOC(=O)C1C(C)=NC2=CC(C)(C)CC(=O)[C@@H]2[C@H]1c1cc(C#N)n(C)c1C. The highest BCUT2D eigenvalue weighted by Crippen LogP contribution is 2.49. The molecule has 6 nitrogen and oxygen atoms in total. The Morgan fingerprint density at radius 2 is 2.11 bits per heavy atom. The van der Waals surface area contributed by atoms with Crippen LogP contribution >= 0.6 is 0 Å². The fraction of sp³-hybridized carbons (Fsp3) is 0.545. The van der Waals surface area contributed by atoms with Crippen molar-refractivity contribution < 1.29 is 14.3 Å². The number of Topliss-reactive ketones (excluding diaryl/α,β-unsaturated/α-hetero) is 1. The topological polar surface area (TPSA) is 84.4 Å². The van der Waals surface area contributed by atoms with Crippen molar-refractivity contribution in [3.63, 3.8) is 0 Å². The van der Waals surface area contributed by atoms with Gasteiger partial charge in [0, 0.05) is 36.5 Å². The molecule has 2 heterocycles. The Bertz CT molecular complexity index is 943. The minimum Gasteiger partial charge on any atom is -0.465 e. The fourth-order valence-corrected chi connectivity index (χ4v) is 4.55. The van der Waals surface area contributed by atoms with E-state index >= 15 is 0 Å². The average Bonchev–Trinajstić information content (AvgIpc) is 2.87. The Labute approximate surface area is 165 Å². The number of nitrogens with zero attached hydrogens (tertiary/aromatic N) is 3. The van der Waals surface area contributed by atoms with Crippen LogP contribution in [0.1, 0.15) is 57.0 Å². The van der Waals surface area contributed by atoms with Crippen LogP contribution in [0.25, 0.3) is 0 Å². The van der Waals surface area contributed by atoms with Gasteiger partial charge in [0.15, 0.2) is 0 Å². The molecule has 0 N–H and O–H groups in total. The molecule has 1 unspecified atom stereocenters. The molecule has 0 spiro atoms. The van der Waals surface area contributed by atoms with Crippen molar-refractivity contribution >= 4 is 17.5 Å². The van der Waals surface area contributed by atoms with Crippen molar-refractivity contribution in [3.05, 3.63) is 34.8 Å². The number of ketones is 1. The Morgan fingerprint density at radius 1 is 1.43 bits per heavy atom. The normalized spacial score (nSPS) is 26.0. The molecular formula is C22H27N3O3. The zero-order chi connectivity index (χ0) is 20.8. The number of fused-ring (bicyclic) bond motifs is 1. The summed E-state index contributed by atoms with van der Waals surface area (Å²) in [6, 6.07) is 3.99. The van der Waals surface area contributed by atoms with Crippen LogP contribution in [0.15, 0.2) is 22.8 Å². The molecule has 1 aliphatic heterocycles. The lowest BCUT2D eigenvalue weighted by atomic mass is 9.64. The number of ether oxygens (including phenoxy) is 1. The molecule has 0 amide bonds. The van der Waals surface area contributed by atoms with Crippen molar-refractivity contribution in [2.45, 2.75) is 47.0 Å². The fourth-order valence-electron chi connectivity index (χ4n) is 4.55. The summed E-state index contributed by atoms with van der Waals surface area (Å²) in [4.78, 5) is 30.7. The van der Waals surface area contributed by atoms with Crippen LogP contribution in [0.3, 0.4) is 0 Å². The van der Waals surface area contributed by atoms with Gasteiger partial charge in [-0.25, -0.2) is 0 Å². The van der Waals surface area contributed by atoms with Gasteiger partial charge in [-0.1, -0.05) is 19.9 Å². The summed E-state index contributed by atoms with van der Waals surface area (Å²) in [6.45, 7) is 9.81. The zero-order valence-corrected chi connectivity index (χ0v) is 17.4. The number of esters is 1. The second-order valence-electron chi connectivity index (χ2n) is 8.43. The standard InChI is InChI=1S/C22H27N3O3/c1-7-28-21(27)18-12(2)24-16-9-22(4,5)10-17(26)20(16)19(18)15-8-14(11-23)25(6)13(15)3/h8-9,18-20H,7,10H2,1-6H3/t18?,19-,20+/m0/s1. The van der Waals surface area contributed by atoms with Gasteiger partial charge in [-0.05, 0) is 37.8 Å². The summed E-state index contributed by atoms with van der Waals surface area (Å²) >= 11 is 0. The molecule has 1 aromatic heterocycles. The minimum absolute atomic E-state index is 0.0832. The molecule has 1 aromatic rings. The average molecular weight is 381 g/mol. The van der Waals surface area contributed by atoms with Crippen molar-refractivity contribution in [2.75, 3.05) is 6.61 Å². The summed E-state index contributed by atoms with van der Waals surface area (Å²) in [6.07, 6.45) is 2.46. The molecule has 1 aliphatic carbocycles. The number of carbonyl (C=O) groups excluding carboxylic acids is 2. The Morgan fingerprint density at radius 3 is 2.68 bits per heavy atom. The summed E-state index contributed by atoms with van der Waals surface area (Å²) in [5.41, 5.74) is 3.34. The molecule has 2 aliphatic rings. The maximum absolute atomic E-state index is 13.2. The van der Waals surface area contributed by atoms with Crippen LogP contribution in [0, 0.1) is 35.5 Å². The molecule has 0 saturated carbocycles. The van der Waals surface area contributed by atoms with E-state index in [1.807, 2.05) is 34.7 Å². The number of nitriles is 1. The minimum atomic E-state index is -0.639. The lowest BCUT2D eigenvalue weighted by molar-refractivity contribution is -0.147. The summed E-state index contributed by atoms with van der Waals surface area (Å²) < 4.78 is 7.15. The Kier molecular flexibility index (Phi) is 5.05. The summed E-state index contributed by atoms with van der Waals surface area (Å²) in [5, 5.41) is 9.45. The molecule has 0 fully saturated rings. The maximum atomic E-state index is 13.2. The van der Waals surface area contributed by atoms with Crippen molar-refractivity contribution in [3.8, 4) is 6.07 Å². The molecule has 0 aromatic carbocycles. The molecule has 28 heavy (non-hydrogen) atoms. The van der Waals surface area contributed by atoms with E-state index in [0.717, 1.165) is 17.0 Å². The van der Waals surface area contributed by atoms with Crippen molar-refractivity contribution in [1.82, 2.24) is 4.57 Å². The Balaban J connectivity index is 2.25. The van der Waals surface area contributed by atoms with Gasteiger partial charge >= 0.3 is 5.97 Å². The second-order valence-corrected chi connectivity index (χ2v) is 8.43. The molecule has 0 radical (unpaired) electrons. The third-order valence-corrected chi connectivity index (χ3v) is 5.90. The van der Waals surface area contributed by atoms with Gasteiger partial charge in [0.2, 0.25) is 0 Å². The molecule has 148 valence electrons. The first-order valence-electron chi connectivity index (χ1n) is 9.65. The Hall–Kier alpha value is -2.68. The summed E-state index contributed by atoms with van der Waals surface area (Å²) in [7, 11) is 1.82. The van der Waals surface area contributed by atoms with Crippen LogP contribution in [-0.2, 0) is 21.4 Å². The highest BCUT2D eigenvalue weighted by Gasteiger charge is 2.49. The van der Waals surface area contributed by atoms with Gasteiger partial charge in [-0.15, -0.1) is 0 Å². The van der Waals surface area contributed by atoms with E-state index in [0.29, 0.717) is 17.8 Å². The first-order chi connectivity index (χ1) is 13.1. The molecular weight excluding hydrogens is 354 g/mol. The van der Waals surface area contributed by atoms with Gasteiger partial charge in [0.05, 0.1) is 12.5 Å². The predicted molar refractivity (Wildman–Crippen MR) is 106 cm³/mol. The molecule has 3 atom stereocenters. The highest BCUT2D eigenvalue weighted by molar-refractivity contribution is 6.05. The largest absolute Gasteiger partial charge is 0.465 e. The van der Waals surface area contributed by atoms with Gasteiger partial charge in [0.1, 0.15) is 23.5 Å². The van der Waals surface area contributed by atoms with E-state index in [9.17, 15) is 14.9 Å². The smallest absolute Gasteiger partial charge is 0.315 e. The van der Waals surface area contributed by atoms with E-state index in [2.05, 4.69) is 17.1 Å². The number of hydrogen-bond donors (Lipinski definition) is 0. The van der Waals surface area contributed by atoms with E-state index in [1.165, 1.54) is 0 Å². The van der Waals surface area contributed by atoms with Crippen LogP contribution in [0.4, 0.5) is 0 Å². The number of aliphatic imine (C=N–C) groups is 1. The van der Waals surface area contributed by atoms with Gasteiger partial charge in [-0.3, -0.25) is 14.6 Å². The quantitative estimate of drug-likeness (QED) is 0.751. The lowest BCUT2D eigenvalue weighted by Crippen LogP contribution is -2.44. The number of aromatic nitrogens is 1. The molecule has 0 bridgehead atoms. The highest BCUT2D eigenvalue weighted by atomic mass is 16.5. The van der Waals surface area contributed by atoms with Crippen LogP contribution in [-0.4, -0.2) is 28.6 Å². The van der Waals surface area contributed by atoms with Crippen LogP contribution < -0.4 is 0 Å². The van der Waals surface area contributed by atoms with Gasteiger partial charge in [0.25, 0.3) is 0 Å². The third kappa shape index (κ3) is 3.19. The van der Waals surface area contributed by atoms with E-state index < -0.39 is 17.8 Å². The monoisotopic (exact) mass is 381 g/mol. The third-order valence-electron chi connectivity index (χ3n) is 5.90. The molecule has 6 heteroatoms. The summed E-state index contributed by atoms with van der Waals surface area (Å²) in [5.74, 6) is -1.84. The molecule has 3 rings (SSSR count). The van der Waals surface area contributed by atoms with Crippen molar-refractivity contribution in [2.24, 2.45) is 29.3 Å². The number of carbonyl (C=O) groups is 2. The second kappa shape index (κ2) is 7.05. The molecule has 0 saturated heterocycles. The zero-order valence-electron chi connectivity index (χ0n) is 17.4. The van der Waals surface area contributed by atoms with Gasteiger partial charge < -0.3 is 9.30 Å². The maximum Gasteiger partial charge on any atom is 0.315 e. The number of allylic oxidation sites excluding steroid dienone is 2. The van der Waals surface area contributed by atoms with E-state index in [-0.39, 0.29) is 23.8 Å². The first kappa shape index (κ1) is 20.1. The van der Waals surface area contributed by atoms with Crippen LogP contribution in [0.5, 0.6) is 0 Å². The van der Waals surface area contributed by atoms with E-state index in [1.54, 1.807) is 17.6 Å².